The number of rotatable bonds is 11. The zero-order valence-electron chi connectivity index (χ0n) is 23.1. The average molecular weight is 506 g/mol. The smallest absolute Gasteiger partial charge is 0.121 e. The minimum Gasteiger partial charge on any atom is -0.341 e. The molecule has 38 heavy (non-hydrogen) atoms. The molecule has 0 saturated heterocycles. The normalized spacial score (nSPS) is 14.7. The van der Waals surface area contributed by atoms with Crippen molar-refractivity contribution in [3.63, 3.8) is 0 Å². The molecule has 0 radical (unpaired) electrons. The van der Waals surface area contributed by atoms with Gasteiger partial charge in [0.25, 0.3) is 0 Å². The molecule has 5 heteroatoms. The van der Waals surface area contributed by atoms with Gasteiger partial charge < -0.3 is 10.3 Å². The van der Waals surface area contributed by atoms with Crippen molar-refractivity contribution < 1.29 is 0 Å². The third-order valence-electron chi connectivity index (χ3n) is 6.69. The average Bonchev–Trinajstić information content (AvgIpc) is 3.55. The zero-order valence-corrected chi connectivity index (χ0v) is 23.1. The lowest BCUT2D eigenvalue weighted by molar-refractivity contribution is 0.654. The second-order valence-corrected chi connectivity index (χ2v) is 9.84. The van der Waals surface area contributed by atoms with E-state index in [1.165, 1.54) is 16.7 Å². The molecule has 3 aromatic rings. The van der Waals surface area contributed by atoms with Crippen molar-refractivity contribution in [2.24, 2.45) is 9.98 Å². The van der Waals surface area contributed by atoms with Crippen molar-refractivity contribution in [1.82, 2.24) is 15.3 Å². The summed E-state index contributed by atoms with van der Waals surface area (Å²) in [5, 5.41) is 5.09. The van der Waals surface area contributed by atoms with Crippen LogP contribution in [0.1, 0.15) is 62.5 Å². The molecule has 0 fully saturated rings. The Morgan fingerprint density at radius 2 is 2.00 bits per heavy atom. The lowest BCUT2D eigenvalue weighted by Gasteiger charge is -2.09. The number of allylic oxidation sites excluding steroid dienone is 3. The Bertz CT molecular complexity index is 1490. The Morgan fingerprint density at radius 1 is 1.18 bits per heavy atom. The topological polar surface area (TPSA) is 65.4 Å². The SMILES string of the molecule is C=c1[nH]c(CNCCC)n/c1=C(/C=C\C)C1=NC=C(c2ccc(C)c(N=C(C)CCc3ccccc3)c2)C1. The first-order valence-corrected chi connectivity index (χ1v) is 13.5. The summed E-state index contributed by atoms with van der Waals surface area (Å²) in [6, 6.07) is 17.1. The number of nitrogens with zero attached hydrogens (tertiary/aromatic N) is 3. The van der Waals surface area contributed by atoms with E-state index >= 15 is 0 Å². The number of aliphatic imine (C=N–C) groups is 2. The number of hydrogen-bond acceptors (Lipinski definition) is 4. The molecule has 1 aliphatic heterocycles. The van der Waals surface area contributed by atoms with Gasteiger partial charge in [-0.3, -0.25) is 9.98 Å². The van der Waals surface area contributed by atoms with Crippen LogP contribution in [0.15, 0.2) is 76.9 Å². The van der Waals surface area contributed by atoms with Crippen molar-refractivity contribution in [2.45, 2.75) is 59.9 Å². The Labute approximate surface area is 226 Å². The molecule has 2 aromatic carbocycles. The fraction of sp³-hybridized carbons (Fsp3) is 0.303. The number of hydrogen-bond donors (Lipinski definition) is 2. The van der Waals surface area contributed by atoms with Gasteiger partial charge in [-0.1, -0.05) is 68.1 Å². The van der Waals surface area contributed by atoms with Crippen molar-refractivity contribution in [1.29, 1.82) is 0 Å². The van der Waals surface area contributed by atoms with E-state index in [1.54, 1.807) is 0 Å². The Morgan fingerprint density at radius 3 is 2.76 bits per heavy atom. The summed E-state index contributed by atoms with van der Waals surface area (Å²) in [5.41, 5.74) is 9.05. The van der Waals surface area contributed by atoms with Crippen LogP contribution in [-0.4, -0.2) is 27.9 Å². The van der Waals surface area contributed by atoms with Gasteiger partial charge in [0.15, 0.2) is 0 Å². The molecule has 196 valence electrons. The third-order valence-corrected chi connectivity index (χ3v) is 6.69. The summed E-state index contributed by atoms with van der Waals surface area (Å²) < 4.78 is 0. The quantitative estimate of drug-likeness (QED) is 0.249. The highest BCUT2D eigenvalue weighted by atomic mass is 15.0. The van der Waals surface area contributed by atoms with Crippen molar-refractivity contribution in [3.05, 3.63) is 100 Å². The number of imidazole rings is 1. The van der Waals surface area contributed by atoms with Crippen molar-refractivity contribution >= 4 is 34.8 Å². The highest BCUT2D eigenvalue weighted by Crippen LogP contribution is 2.31. The van der Waals surface area contributed by atoms with Crippen LogP contribution in [0, 0.1) is 6.92 Å². The summed E-state index contributed by atoms with van der Waals surface area (Å²) in [4.78, 5) is 18.0. The van der Waals surface area contributed by atoms with E-state index < -0.39 is 0 Å². The van der Waals surface area contributed by atoms with Crippen LogP contribution < -0.4 is 16.0 Å². The number of H-pyrrole nitrogens is 1. The Kier molecular flexibility index (Phi) is 9.39. The maximum Gasteiger partial charge on any atom is 0.121 e. The van der Waals surface area contributed by atoms with E-state index in [-0.39, 0.29) is 0 Å². The van der Waals surface area contributed by atoms with Gasteiger partial charge in [-0.2, -0.15) is 0 Å². The predicted molar refractivity (Wildman–Crippen MR) is 162 cm³/mol. The van der Waals surface area contributed by atoms with Crippen LogP contribution in [0.5, 0.6) is 0 Å². The summed E-state index contributed by atoms with van der Waals surface area (Å²) in [5.74, 6) is 0.899. The van der Waals surface area contributed by atoms with Gasteiger partial charge in [0, 0.05) is 23.9 Å². The second kappa shape index (κ2) is 13.1. The van der Waals surface area contributed by atoms with Gasteiger partial charge in [-0.15, -0.1) is 0 Å². The standard InChI is InChI=1S/C33H39N5/c1-6-11-29(33-25(5)37-32(38-33)22-34-18-7-2)31-20-28(21-35-31)27-17-14-23(3)30(19-27)36-24(4)15-16-26-12-9-8-10-13-26/h6,8-14,17,19,21,34H,5,7,15-16,18,20,22H2,1-4H3,(H,37,38)/b11-6-,33-29-,36-24?. The Balaban J connectivity index is 1.52. The molecule has 0 aliphatic carbocycles. The largest absolute Gasteiger partial charge is 0.341 e. The minimum atomic E-state index is 0.701. The molecular weight excluding hydrogens is 466 g/mol. The van der Waals surface area contributed by atoms with E-state index in [0.29, 0.717) is 6.54 Å². The maximum atomic E-state index is 4.99. The first kappa shape index (κ1) is 27.2. The monoisotopic (exact) mass is 505 g/mol. The van der Waals surface area contributed by atoms with Gasteiger partial charge in [-0.25, -0.2) is 4.98 Å². The second-order valence-electron chi connectivity index (χ2n) is 9.84. The minimum absolute atomic E-state index is 0.701. The molecular formula is C33H39N5. The molecule has 1 aromatic heterocycles. The van der Waals surface area contributed by atoms with E-state index in [1.807, 2.05) is 19.2 Å². The van der Waals surface area contributed by atoms with Gasteiger partial charge >= 0.3 is 0 Å². The van der Waals surface area contributed by atoms with Gasteiger partial charge in [-0.05, 0) is 74.9 Å². The van der Waals surface area contributed by atoms with E-state index in [0.717, 1.165) is 77.0 Å². The molecule has 0 unspecified atom stereocenters. The van der Waals surface area contributed by atoms with Crippen LogP contribution in [0.4, 0.5) is 5.69 Å². The summed E-state index contributed by atoms with van der Waals surface area (Å²) >= 11 is 0. The fourth-order valence-electron chi connectivity index (χ4n) is 4.56. The van der Waals surface area contributed by atoms with E-state index in [4.69, 9.17) is 15.0 Å². The summed E-state index contributed by atoms with van der Waals surface area (Å²) in [6.07, 6.45) is 9.88. The Hall–Kier alpha value is -3.83. The molecule has 1 aliphatic rings. The van der Waals surface area contributed by atoms with Crippen LogP contribution in [0.25, 0.3) is 17.7 Å². The van der Waals surface area contributed by atoms with E-state index in [9.17, 15) is 0 Å². The zero-order chi connectivity index (χ0) is 26.9. The van der Waals surface area contributed by atoms with Gasteiger partial charge in [0.1, 0.15) is 5.82 Å². The molecule has 0 saturated carbocycles. The van der Waals surface area contributed by atoms with Gasteiger partial charge in [0.2, 0.25) is 0 Å². The van der Waals surface area contributed by atoms with Crippen LogP contribution in [0.2, 0.25) is 0 Å². The number of benzene rings is 2. The van der Waals surface area contributed by atoms with Crippen molar-refractivity contribution in [3.8, 4) is 0 Å². The third kappa shape index (κ3) is 6.93. The summed E-state index contributed by atoms with van der Waals surface area (Å²) in [6.45, 7) is 14.3. The number of nitrogens with one attached hydrogen (secondary N) is 2. The number of aromatic amines is 1. The lowest BCUT2D eigenvalue weighted by atomic mass is 9.97. The highest BCUT2D eigenvalue weighted by molar-refractivity contribution is 6.26. The number of aromatic nitrogens is 2. The molecule has 0 bridgehead atoms. The molecule has 0 spiro atoms. The maximum absolute atomic E-state index is 4.99. The molecule has 0 atom stereocenters. The number of aryl methyl sites for hydroxylation is 2. The van der Waals surface area contributed by atoms with Crippen molar-refractivity contribution in [2.75, 3.05) is 6.54 Å². The molecule has 4 rings (SSSR count). The first-order chi connectivity index (χ1) is 18.5. The lowest BCUT2D eigenvalue weighted by Crippen LogP contribution is -2.27. The van der Waals surface area contributed by atoms with Crippen LogP contribution in [0.3, 0.4) is 0 Å². The molecule has 2 heterocycles. The first-order valence-electron chi connectivity index (χ1n) is 13.5. The van der Waals surface area contributed by atoms with Gasteiger partial charge in [0.05, 0.1) is 28.6 Å². The summed E-state index contributed by atoms with van der Waals surface area (Å²) in [7, 11) is 0. The highest BCUT2D eigenvalue weighted by Gasteiger charge is 2.17. The molecule has 5 nitrogen and oxygen atoms in total. The molecule has 2 N–H and O–H groups in total. The predicted octanol–water partition coefficient (Wildman–Crippen LogP) is 5.97. The fourth-order valence-corrected chi connectivity index (χ4v) is 4.56. The van der Waals surface area contributed by atoms with Crippen LogP contribution >= 0.6 is 0 Å². The van der Waals surface area contributed by atoms with Crippen LogP contribution in [-0.2, 0) is 13.0 Å². The molecule has 0 amide bonds. The van der Waals surface area contributed by atoms with E-state index in [2.05, 4.69) is 92.3 Å².